The van der Waals surface area contributed by atoms with Gasteiger partial charge in [-0.15, -0.1) is 0 Å². The first-order valence-electron chi connectivity index (χ1n) is 8.47. The smallest absolute Gasteiger partial charge is 0.0900 e. The molecule has 5 nitrogen and oxygen atoms in total. The second-order valence-electron chi connectivity index (χ2n) is 6.48. The molecule has 0 aliphatic carbocycles. The third kappa shape index (κ3) is 5.86. The first kappa shape index (κ1) is 18.4. The molecule has 0 saturated carbocycles. The molecule has 0 radical (unpaired) electrons. The van der Waals surface area contributed by atoms with Gasteiger partial charge in [-0.25, -0.2) is 0 Å². The molecule has 1 aliphatic rings. The number of likely N-dealkylation sites (tertiary alicyclic amines) is 1. The minimum atomic E-state index is -0.398. The molecular formula is C18H30N2O3. The highest BCUT2D eigenvalue weighted by Gasteiger charge is 2.22. The summed E-state index contributed by atoms with van der Waals surface area (Å²) in [4.78, 5) is 2.30. The van der Waals surface area contributed by atoms with Crippen molar-refractivity contribution in [1.29, 1.82) is 0 Å². The van der Waals surface area contributed by atoms with Gasteiger partial charge in [-0.3, -0.25) is 0 Å². The van der Waals surface area contributed by atoms with Gasteiger partial charge in [0.1, 0.15) is 0 Å². The van der Waals surface area contributed by atoms with Gasteiger partial charge in [0.25, 0.3) is 0 Å². The summed E-state index contributed by atoms with van der Waals surface area (Å²) in [6.45, 7) is 5.35. The van der Waals surface area contributed by atoms with Crippen LogP contribution in [0.25, 0.3) is 0 Å². The maximum atomic E-state index is 9.81. The molecule has 1 heterocycles. The van der Waals surface area contributed by atoms with Crippen LogP contribution in [-0.2, 0) is 11.3 Å². The topological polar surface area (TPSA) is 65.0 Å². The summed E-state index contributed by atoms with van der Waals surface area (Å²) in [5.74, 6) is 0. The van der Waals surface area contributed by atoms with E-state index in [1.807, 2.05) is 12.1 Å². The predicted octanol–water partition coefficient (Wildman–Crippen LogP) is 1.30. The molecule has 1 aromatic rings. The van der Waals surface area contributed by atoms with E-state index >= 15 is 0 Å². The van der Waals surface area contributed by atoms with E-state index in [0.717, 1.165) is 31.5 Å². The first-order chi connectivity index (χ1) is 11.1. The molecule has 5 heteroatoms. The fourth-order valence-corrected chi connectivity index (χ4v) is 3.24. The Bertz CT molecular complexity index is 461. The zero-order valence-electron chi connectivity index (χ0n) is 14.2. The standard InChI is InChI=1S/C18H30N2O3/c1-14(16-5-3-4-15(10-16)12-21)19-17-6-8-20(9-7-17)11-18(22)13-23-2/h3-5,10,14,17-19,21-22H,6-9,11-13H2,1-2H3. The van der Waals surface area contributed by atoms with Gasteiger partial charge in [-0.2, -0.15) is 0 Å². The molecule has 2 rings (SSSR count). The summed E-state index contributed by atoms with van der Waals surface area (Å²) in [7, 11) is 1.62. The number of nitrogens with zero attached hydrogens (tertiary/aromatic N) is 1. The number of ether oxygens (including phenoxy) is 1. The molecule has 1 aromatic carbocycles. The molecule has 1 saturated heterocycles. The molecule has 23 heavy (non-hydrogen) atoms. The number of nitrogens with one attached hydrogen (secondary N) is 1. The van der Waals surface area contributed by atoms with Crippen LogP contribution in [-0.4, -0.2) is 60.6 Å². The molecule has 130 valence electrons. The number of β-amino-alcohol motifs (C(OH)–C–C–N with tert-alkyl or cyclic N) is 1. The van der Waals surface area contributed by atoms with E-state index in [2.05, 4.69) is 29.3 Å². The largest absolute Gasteiger partial charge is 0.392 e. The Kier molecular flexibility index (Phi) is 7.46. The number of methoxy groups -OCH3 is 1. The van der Waals surface area contributed by atoms with Gasteiger partial charge in [-0.05, 0) is 44.0 Å². The summed E-state index contributed by atoms with van der Waals surface area (Å²) < 4.78 is 4.98. The van der Waals surface area contributed by atoms with Gasteiger partial charge in [0.05, 0.1) is 19.3 Å². The van der Waals surface area contributed by atoms with E-state index < -0.39 is 6.10 Å². The maximum Gasteiger partial charge on any atom is 0.0900 e. The van der Waals surface area contributed by atoms with Gasteiger partial charge in [0, 0.05) is 25.7 Å². The molecule has 0 spiro atoms. The Balaban J connectivity index is 1.77. The SMILES string of the molecule is COCC(O)CN1CCC(NC(C)c2cccc(CO)c2)CC1. The summed E-state index contributed by atoms with van der Waals surface area (Å²) in [6, 6.07) is 8.88. The van der Waals surface area contributed by atoms with Crippen LogP contribution >= 0.6 is 0 Å². The number of piperidine rings is 1. The van der Waals surface area contributed by atoms with Crippen LogP contribution in [0.3, 0.4) is 0 Å². The fraction of sp³-hybridized carbons (Fsp3) is 0.667. The number of benzene rings is 1. The van der Waals surface area contributed by atoms with Crippen molar-refractivity contribution < 1.29 is 14.9 Å². The van der Waals surface area contributed by atoms with Crippen molar-refractivity contribution in [1.82, 2.24) is 10.2 Å². The van der Waals surface area contributed by atoms with Crippen LogP contribution in [0.2, 0.25) is 0 Å². The normalized spacial score (nSPS) is 19.7. The summed E-state index contributed by atoms with van der Waals surface area (Å²) in [5.41, 5.74) is 2.17. The minimum Gasteiger partial charge on any atom is -0.392 e. The summed E-state index contributed by atoms with van der Waals surface area (Å²) in [5, 5.41) is 22.7. The lowest BCUT2D eigenvalue weighted by Crippen LogP contribution is -2.46. The quantitative estimate of drug-likeness (QED) is 0.673. The minimum absolute atomic E-state index is 0.0861. The molecule has 1 fully saturated rings. The Morgan fingerprint density at radius 1 is 1.35 bits per heavy atom. The van der Waals surface area contributed by atoms with Crippen LogP contribution in [0.4, 0.5) is 0 Å². The molecule has 3 N–H and O–H groups in total. The maximum absolute atomic E-state index is 9.81. The third-order valence-corrected chi connectivity index (χ3v) is 4.53. The highest BCUT2D eigenvalue weighted by atomic mass is 16.5. The lowest BCUT2D eigenvalue weighted by Gasteiger charge is -2.35. The molecule has 2 unspecified atom stereocenters. The monoisotopic (exact) mass is 322 g/mol. The number of hydrogen-bond donors (Lipinski definition) is 3. The van der Waals surface area contributed by atoms with E-state index in [1.54, 1.807) is 7.11 Å². The van der Waals surface area contributed by atoms with E-state index in [-0.39, 0.29) is 12.6 Å². The molecular weight excluding hydrogens is 292 g/mol. The third-order valence-electron chi connectivity index (χ3n) is 4.53. The number of aliphatic hydroxyl groups is 2. The van der Waals surface area contributed by atoms with Crippen LogP contribution in [0, 0.1) is 0 Å². The highest BCUT2D eigenvalue weighted by Crippen LogP contribution is 2.18. The van der Waals surface area contributed by atoms with Crippen molar-refractivity contribution in [3.8, 4) is 0 Å². The average molecular weight is 322 g/mol. The van der Waals surface area contributed by atoms with Crippen LogP contribution in [0.5, 0.6) is 0 Å². The Morgan fingerprint density at radius 2 is 2.09 bits per heavy atom. The van der Waals surface area contributed by atoms with Gasteiger partial charge in [-0.1, -0.05) is 24.3 Å². The van der Waals surface area contributed by atoms with Crippen molar-refractivity contribution in [2.75, 3.05) is 33.4 Å². The lowest BCUT2D eigenvalue weighted by molar-refractivity contribution is 0.0308. The lowest BCUT2D eigenvalue weighted by atomic mass is 10.0. The average Bonchev–Trinajstić information content (AvgIpc) is 2.57. The van der Waals surface area contributed by atoms with Gasteiger partial charge in [0.15, 0.2) is 0 Å². The van der Waals surface area contributed by atoms with Crippen LogP contribution in [0.1, 0.15) is 36.9 Å². The summed E-state index contributed by atoms with van der Waals surface area (Å²) >= 11 is 0. The molecule has 2 atom stereocenters. The highest BCUT2D eigenvalue weighted by molar-refractivity contribution is 5.25. The van der Waals surface area contributed by atoms with E-state index in [4.69, 9.17) is 4.74 Å². The molecule has 0 bridgehead atoms. The van der Waals surface area contributed by atoms with Crippen molar-refractivity contribution in [3.63, 3.8) is 0 Å². The fourth-order valence-electron chi connectivity index (χ4n) is 3.24. The van der Waals surface area contributed by atoms with Gasteiger partial charge < -0.3 is 25.2 Å². The number of hydrogen-bond acceptors (Lipinski definition) is 5. The van der Waals surface area contributed by atoms with Crippen molar-refractivity contribution >= 4 is 0 Å². The van der Waals surface area contributed by atoms with E-state index in [9.17, 15) is 10.2 Å². The predicted molar refractivity (Wildman–Crippen MR) is 91.3 cm³/mol. The van der Waals surface area contributed by atoms with E-state index in [1.165, 1.54) is 5.56 Å². The van der Waals surface area contributed by atoms with Crippen molar-refractivity contribution in [3.05, 3.63) is 35.4 Å². The van der Waals surface area contributed by atoms with Gasteiger partial charge >= 0.3 is 0 Å². The van der Waals surface area contributed by atoms with Crippen molar-refractivity contribution in [2.45, 2.75) is 44.6 Å². The zero-order valence-corrected chi connectivity index (χ0v) is 14.2. The van der Waals surface area contributed by atoms with E-state index in [0.29, 0.717) is 19.2 Å². The number of rotatable bonds is 8. The van der Waals surface area contributed by atoms with Crippen LogP contribution < -0.4 is 5.32 Å². The molecule has 0 amide bonds. The molecule has 1 aliphatic heterocycles. The zero-order chi connectivity index (χ0) is 16.7. The van der Waals surface area contributed by atoms with Crippen molar-refractivity contribution in [2.24, 2.45) is 0 Å². The Labute approximate surface area is 139 Å². The second-order valence-corrected chi connectivity index (χ2v) is 6.48. The molecule has 0 aromatic heterocycles. The Morgan fingerprint density at radius 3 is 2.74 bits per heavy atom. The van der Waals surface area contributed by atoms with Gasteiger partial charge in [0.2, 0.25) is 0 Å². The Hall–Kier alpha value is -0.980. The first-order valence-corrected chi connectivity index (χ1v) is 8.47. The van der Waals surface area contributed by atoms with Crippen LogP contribution in [0.15, 0.2) is 24.3 Å². The second kappa shape index (κ2) is 9.35. The summed E-state index contributed by atoms with van der Waals surface area (Å²) in [6.07, 6.45) is 1.78. The number of aliphatic hydroxyl groups excluding tert-OH is 2.